The molecule has 0 saturated carbocycles. The summed E-state index contributed by atoms with van der Waals surface area (Å²) in [6.07, 6.45) is 3.49. The number of ether oxygens (including phenoxy) is 1. The van der Waals surface area contributed by atoms with Gasteiger partial charge < -0.3 is 20.3 Å². The van der Waals surface area contributed by atoms with E-state index < -0.39 is 0 Å². The van der Waals surface area contributed by atoms with E-state index in [1.54, 1.807) is 6.07 Å². The van der Waals surface area contributed by atoms with Crippen molar-refractivity contribution in [2.24, 2.45) is 0 Å². The Hall–Kier alpha value is -2.93. The number of benzene rings is 1. The van der Waals surface area contributed by atoms with Gasteiger partial charge >= 0.3 is 0 Å². The molecule has 27 heavy (non-hydrogen) atoms. The van der Waals surface area contributed by atoms with E-state index in [-0.39, 0.29) is 23.6 Å². The number of pyridine rings is 1. The van der Waals surface area contributed by atoms with E-state index in [1.807, 2.05) is 43.3 Å². The maximum absolute atomic E-state index is 12.5. The molecular weight excluding hydrogens is 344 g/mol. The standard InChI is InChI=1S/C20H24N4O3/c1-24(2)16-7-5-15(6-8-16)23-19(25)14-9-10-21-18(12-14)20(26)22-13-17-4-3-11-27-17/h5-10,12,17H,3-4,11,13H2,1-2H3,(H,22,26)(H,23,25). The van der Waals surface area contributed by atoms with Crippen LogP contribution in [-0.4, -0.2) is 50.1 Å². The van der Waals surface area contributed by atoms with Crippen LogP contribution in [0.25, 0.3) is 0 Å². The summed E-state index contributed by atoms with van der Waals surface area (Å²) in [6, 6.07) is 10.6. The maximum atomic E-state index is 12.5. The highest BCUT2D eigenvalue weighted by Crippen LogP contribution is 2.16. The average Bonchev–Trinajstić information content (AvgIpc) is 3.20. The van der Waals surface area contributed by atoms with Gasteiger partial charge in [-0.2, -0.15) is 0 Å². The van der Waals surface area contributed by atoms with Gasteiger partial charge in [0.1, 0.15) is 5.69 Å². The summed E-state index contributed by atoms with van der Waals surface area (Å²) >= 11 is 0. The molecule has 1 aliphatic heterocycles. The van der Waals surface area contributed by atoms with Gasteiger partial charge in [-0.1, -0.05) is 0 Å². The zero-order chi connectivity index (χ0) is 19.2. The molecule has 7 heteroatoms. The second-order valence-electron chi connectivity index (χ2n) is 6.67. The molecule has 1 saturated heterocycles. The third-order valence-electron chi connectivity index (χ3n) is 4.41. The van der Waals surface area contributed by atoms with Gasteiger partial charge in [-0.05, 0) is 49.2 Å². The molecule has 0 radical (unpaired) electrons. The predicted molar refractivity (Wildman–Crippen MR) is 104 cm³/mol. The topological polar surface area (TPSA) is 83.6 Å². The number of amides is 2. The Morgan fingerprint density at radius 2 is 1.96 bits per heavy atom. The maximum Gasteiger partial charge on any atom is 0.269 e. The number of rotatable bonds is 6. The van der Waals surface area contributed by atoms with Crippen LogP contribution in [0.4, 0.5) is 11.4 Å². The molecule has 1 unspecified atom stereocenters. The molecule has 1 aliphatic rings. The molecule has 0 spiro atoms. The molecule has 1 aromatic carbocycles. The fourth-order valence-corrected chi connectivity index (χ4v) is 2.84. The summed E-state index contributed by atoms with van der Waals surface area (Å²) in [4.78, 5) is 30.8. The quantitative estimate of drug-likeness (QED) is 0.817. The first kappa shape index (κ1) is 18.8. The van der Waals surface area contributed by atoms with Crippen molar-refractivity contribution in [2.75, 3.05) is 37.5 Å². The molecule has 0 aliphatic carbocycles. The number of hydrogen-bond acceptors (Lipinski definition) is 5. The molecule has 2 N–H and O–H groups in total. The van der Waals surface area contributed by atoms with Crippen LogP contribution in [-0.2, 0) is 4.74 Å². The lowest BCUT2D eigenvalue weighted by Gasteiger charge is -2.13. The minimum atomic E-state index is -0.310. The van der Waals surface area contributed by atoms with Crippen LogP contribution in [0.15, 0.2) is 42.6 Å². The lowest BCUT2D eigenvalue weighted by Crippen LogP contribution is -2.32. The SMILES string of the molecule is CN(C)c1ccc(NC(=O)c2ccnc(C(=O)NCC3CCCO3)c2)cc1. The zero-order valence-electron chi connectivity index (χ0n) is 15.6. The van der Waals surface area contributed by atoms with Crippen molar-refractivity contribution in [3.8, 4) is 0 Å². The number of hydrogen-bond donors (Lipinski definition) is 2. The van der Waals surface area contributed by atoms with Crippen molar-refractivity contribution in [1.82, 2.24) is 10.3 Å². The Morgan fingerprint density at radius 3 is 2.63 bits per heavy atom. The van der Waals surface area contributed by atoms with Crippen LogP contribution in [0.5, 0.6) is 0 Å². The Balaban J connectivity index is 1.61. The Morgan fingerprint density at radius 1 is 1.19 bits per heavy atom. The Labute approximate surface area is 158 Å². The lowest BCUT2D eigenvalue weighted by atomic mass is 10.2. The highest BCUT2D eigenvalue weighted by molar-refractivity contribution is 6.05. The number of aromatic nitrogens is 1. The van der Waals surface area contributed by atoms with E-state index in [9.17, 15) is 9.59 Å². The predicted octanol–water partition coefficient (Wildman–Crippen LogP) is 2.31. The van der Waals surface area contributed by atoms with E-state index >= 15 is 0 Å². The van der Waals surface area contributed by atoms with Crippen LogP contribution in [0.1, 0.15) is 33.7 Å². The second-order valence-corrected chi connectivity index (χ2v) is 6.67. The molecular formula is C20H24N4O3. The molecule has 0 bridgehead atoms. The molecule has 2 heterocycles. The van der Waals surface area contributed by atoms with Crippen molar-refractivity contribution in [3.63, 3.8) is 0 Å². The zero-order valence-corrected chi connectivity index (χ0v) is 15.6. The Kier molecular flexibility index (Phi) is 6.03. The first-order chi connectivity index (χ1) is 13.0. The number of carbonyl (C=O) groups is 2. The monoisotopic (exact) mass is 368 g/mol. The van der Waals surface area contributed by atoms with Crippen LogP contribution in [0, 0.1) is 0 Å². The van der Waals surface area contributed by atoms with Crippen LogP contribution >= 0.6 is 0 Å². The fourth-order valence-electron chi connectivity index (χ4n) is 2.84. The average molecular weight is 368 g/mol. The van der Waals surface area contributed by atoms with E-state index in [0.717, 1.165) is 25.1 Å². The first-order valence-electron chi connectivity index (χ1n) is 8.97. The highest BCUT2D eigenvalue weighted by atomic mass is 16.5. The third-order valence-corrected chi connectivity index (χ3v) is 4.41. The molecule has 2 amide bonds. The van der Waals surface area contributed by atoms with Gasteiger partial charge in [-0.15, -0.1) is 0 Å². The summed E-state index contributed by atoms with van der Waals surface area (Å²) in [7, 11) is 3.91. The van der Waals surface area contributed by atoms with Crippen molar-refractivity contribution in [2.45, 2.75) is 18.9 Å². The first-order valence-corrected chi connectivity index (χ1v) is 8.97. The van der Waals surface area contributed by atoms with Gasteiger partial charge in [-0.3, -0.25) is 14.6 Å². The van der Waals surface area contributed by atoms with E-state index in [1.165, 1.54) is 12.3 Å². The molecule has 3 rings (SSSR count). The Bertz CT molecular complexity index is 799. The van der Waals surface area contributed by atoms with E-state index in [4.69, 9.17) is 4.74 Å². The van der Waals surface area contributed by atoms with Gasteiger partial charge in [0.25, 0.3) is 11.8 Å². The lowest BCUT2D eigenvalue weighted by molar-refractivity contribution is 0.0853. The largest absolute Gasteiger partial charge is 0.378 e. The van der Waals surface area contributed by atoms with Gasteiger partial charge in [0, 0.05) is 50.4 Å². The van der Waals surface area contributed by atoms with Crippen LogP contribution < -0.4 is 15.5 Å². The number of anilines is 2. The van der Waals surface area contributed by atoms with Gasteiger partial charge in [0.2, 0.25) is 0 Å². The van der Waals surface area contributed by atoms with E-state index in [0.29, 0.717) is 17.8 Å². The van der Waals surface area contributed by atoms with Crippen molar-refractivity contribution >= 4 is 23.2 Å². The smallest absolute Gasteiger partial charge is 0.269 e. The van der Waals surface area contributed by atoms with Crippen LogP contribution in [0.2, 0.25) is 0 Å². The molecule has 142 valence electrons. The summed E-state index contributed by atoms with van der Waals surface area (Å²) in [5.41, 5.74) is 2.32. The molecule has 1 atom stereocenters. The van der Waals surface area contributed by atoms with Crippen molar-refractivity contribution < 1.29 is 14.3 Å². The summed E-state index contributed by atoms with van der Waals surface area (Å²) in [5.74, 6) is -0.598. The number of nitrogens with one attached hydrogen (secondary N) is 2. The van der Waals surface area contributed by atoms with Gasteiger partial charge in [0.05, 0.1) is 6.10 Å². The van der Waals surface area contributed by atoms with Crippen LogP contribution in [0.3, 0.4) is 0 Å². The third kappa shape index (κ3) is 5.04. The number of nitrogens with zero attached hydrogens (tertiary/aromatic N) is 2. The second kappa shape index (κ2) is 8.64. The normalized spacial score (nSPS) is 16.0. The summed E-state index contributed by atoms with van der Waals surface area (Å²) < 4.78 is 5.49. The highest BCUT2D eigenvalue weighted by Gasteiger charge is 2.18. The molecule has 7 nitrogen and oxygen atoms in total. The van der Waals surface area contributed by atoms with Crippen molar-refractivity contribution in [1.29, 1.82) is 0 Å². The summed E-state index contributed by atoms with van der Waals surface area (Å²) in [5, 5.41) is 5.64. The molecule has 1 fully saturated rings. The summed E-state index contributed by atoms with van der Waals surface area (Å²) in [6.45, 7) is 1.19. The van der Waals surface area contributed by atoms with Gasteiger partial charge in [0.15, 0.2) is 0 Å². The number of carbonyl (C=O) groups excluding carboxylic acids is 2. The minimum absolute atomic E-state index is 0.0607. The fraction of sp³-hybridized carbons (Fsp3) is 0.350. The van der Waals surface area contributed by atoms with E-state index in [2.05, 4.69) is 15.6 Å². The minimum Gasteiger partial charge on any atom is -0.378 e. The molecule has 1 aromatic heterocycles. The van der Waals surface area contributed by atoms with Gasteiger partial charge in [-0.25, -0.2) is 0 Å². The molecule has 2 aromatic rings. The van der Waals surface area contributed by atoms with Crippen molar-refractivity contribution in [3.05, 3.63) is 53.9 Å².